The molecular weight excluding hydrogens is 221 g/mol. The van der Waals surface area contributed by atoms with Crippen LogP contribution in [0.15, 0.2) is 36.0 Å². The Morgan fingerprint density at radius 1 is 1.35 bits per heavy atom. The van der Waals surface area contributed by atoms with Crippen molar-refractivity contribution in [1.29, 1.82) is 0 Å². The van der Waals surface area contributed by atoms with Gasteiger partial charge in [-0.3, -0.25) is 9.59 Å². The van der Waals surface area contributed by atoms with E-state index in [-0.39, 0.29) is 24.1 Å². The Morgan fingerprint density at radius 3 is 2.59 bits per heavy atom. The summed E-state index contributed by atoms with van der Waals surface area (Å²) in [5.41, 5.74) is 1.32. The summed E-state index contributed by atoms with van der Waals surface area (Å²) in [6.07, 6.45) is 2.52. The molecule has 1 aromatic rings. The molecule has 0 radical (unpaired) electrons. The van der Waals surface area contributed by atoms with E-state index >= 15 is 0 Å². The van der Waals surface area contributed by atoms with Gasteiger partial charge >= 0.3 is 0 Å². The molecule has 3 nitrogen and oxygen atoms in total. The first kappa shape index (κ1) is 11.5. The van der Waals surface area contributed by atoms with E-state index in [0.717, 1.165) is 11.8 Å². The number of aldehydes is 1. The summed E-state index contributed by atoms with van der Waals surface area (Å²) < 4.78 is 12.8. The van der Waals surface area contributed by atoms with E-state index in [1.54, 1.807) is 19.2 Å². The van der Waals surface area contributed by atoms with Crippen molar-refractivity contribution < 1.29 is 14.0 Å². The predicted octanol–water partition coefficient (Wildman–Crippen LogP) is 1.85. The van der Waals surface area contributed by atoms with Gasteiger partial charge in [0.15, 0.2) is 0 Å². The molecule has 2 rings (SSSR count). The molecule has 17 heavy (non-hydrogen) atoms. The van der Waals surface area contributed by atoms with Gasteiger partial charge in [-0.15, -0.1) is 0 Å². The summed E-state index contributed by atoms with van der Waals surface area (Å²) in [4.78, 5) is 24.0. The lowest BCUT2D eigenvalue weighted by Crippen LogP contribution is -2.29. The summed E-state index contributed by atoms with van der Waals surface area (Å²) in [5, 5.41) is 0. The second-order valence-electron chi connectivity index (χ2n) is 4.06. The minimum absolute atomic E-state index is 0.0510. The van der Waals surface area contributed by atoms with Crippen LogP contribution in [-0.2, 0) is 9.59 Å². The predicted molar refractivity (Wildman–Crippen MR) is 60.7 cm³/mol. The van der Waals surface area contributed by atoms with Crippen molar-refractivity contribution in [3.8, 4) is 0 Å². The first-order chi connectivity index (χ1) is 8.11. The maximum atomic E-state index is 12.8. The van der Waals surface area contributed by atoms with Crippen molar-refractivity contribution >= 4 is 12.2 Å². The van der Waals surface area contributed by atoms with Crippen molar-refractivity contribution in [2.24, 2.45) is 0 Å². The normalized spacial score (nSPS) is 20.1. The molecule has 1 heterocycles. The molecule has 1 aromatic carbocycles. The van der Waals surface area contributed by atoms with Crippen LogP contribution in [0.2, 0.25) is 0 Å². The Labute approximate surface area is 98.5 Å². The van der Waals surface area contributed by atoms with Crippen molar-refractivity contribution in [3.63, 3.8) is 0 Å². The van der Waals surface area contributed by atoms with Crippen LogP contribution >= 0.6 is 0 Å². The number of halogens is 1. The average molecular weight is 233 g/mol. The third kappa shape index (κ3) is 2.25. The number of allylic oxidation sites excluding steroid dienone is 1. The Balaban J connectivity index is 2.37. The lowest BCUT2D eigenvalue weighted by Gasteiger charge is -2.26. The standard InChI is InChI=1S/C13H12FNO2/c1-15-7-10(8-16)12(6-13(15)17)9-2-4-11(14)5-3-9/h2-5,7-8,12H,6H2,1H3. The summed E-state index contributed by atoms with van der Waals surface area (Å²) in [6.45, 7) is 0. The van der Waals surface area contributed by atoms with Gasteiger partial charge in [0.05, 0.1) is 0 Å². The van der Waals surface area contributed by atoms with Crippen LogP contribution in [-0.4, -0.2) is 24.1 Å². The fourth-order valence-electron chi connectivity index (χ4n) is 1.94. The number of carbonyl (C=O) groups is 2. The molecule has 0 aromatic heterocycles. The van der Waals surface area contributed by atoms with Gasteiger partial charge in [-0.25, -0.2) is 4.39 Å². The Hall–Kier alpha value is -1.97. The summed E-state index contributed by atoms with van der Waals surface area (Å²) in [7, 11) is 1.62. The Morgan fingerprint density at radius 2 is 2.00 bits per heavy atom. The van der Waals surface area contributed by atoms with Gasteiger partial charge in [-0.1, -0.05) is 12.1 Å². The molecule has 1 unspecified atom stereocenters. The Kier molecular flexibility index (Phi) is 3.04. The highest BCUT2D eigenvalue weighted by Gasteiger charge is 2.26. The van der Waals surface area contributed by atoms with Crippen LogP contribution in [0.4, 0.5) is 4.39 Å². The molecule has 4 heteroatoms. The minimum atomic E-state index is -0.329. The summed E-state index contributed by atoms with van der Waals surface area (Å²) in [6, 6.07) is 5.88. The number of hydrogen-bond acceptors (Lipinski definition) is 2. The molecule has 0 saturated carbocycles. The molecule has 0 bridgehead atoms. The lowest BCUT2D eigenvalue weighted by molar-refractivity contribution is -0.128. The molecular formula is C13H12FNO2. The van der Waals surface area contributed by atoms with Gasteiger partial charge in [0.1, 0.15) is 12.1 Å². The molecule has 1 aliphatic heterocycles. The van der Waals surface area contributed by atoms with Crippen molar-refractivity contribution in [3.05, 3.63) is 47.4 Å². The van der Waals surface area contributed by atoms with E-state index in [1.807, 2.05) is 0 Å². The van der Waals surface area contributed by atoms with Gasteiger partial charge in [0, 0.05) is 31.2 Å². The van der Waals surface area contributed by atoms with Crippen LogP contribution in [0.25, 0.3) is 0 Å². The SMILES string of the molecule is CN1C=C(C=O)C(c2ccc(F)cc2)CC1=O. The van der Waals surface area contributed by atoms with Crippen LogP contribution in [0.3, 0.4) is 0 Å². The molecule has 0 aliphatic carbocycles. The van der Waals surface area contributed by atoms with E-state index < -0.39 is 0 Å². The number of nitrogens with zero attached hydrogens (tertiary/aromatic N) is 1. The second kappa shape index (κ2) is 4.49. The van der Waals surface area contributed by atoms with Crippen LogP contribution in [0.1, 0.15) is 17.9 Å². The largest absolute Gasteiger partial charge is 0.322 e. The van der Waals surface area contributed by atoms with E-state index in [9.17, 15) is 14.0 Å². The number of amides is 1. The first-order valence-electron chi connectivity index (χ1n) is 5.30. The van der Waals surface area contributed by atoms with Crippen molar-refractivity contribution in [2.75, 3.05) is 7.05 Å². The quantitative estimate of drug-likeness (QED) is 0.731. The monoisotopic (exact) mass is 233 g/mol. The zero-order valence-corrected chi connectivity index (χ0v) is 9.39. The fourth-order valence-corrected chi connectivity index (χ4v) is 1.94. The van der Waals surface area contributed by atoms with Gasteiger partial charge in [0.25, 0.3) is 0 Å². The van der Waals surface area contributed by atoms with Gasteiger partial charge < -0.3 is 4.90 Å². The number of carbonyl (C=O) groups excluding carboxylic acids is 2. The van der Waals surface area contributed by atoms with Crippen LogP contribution in [0, 0.1) is 5.82 Å². The Bertz CT molecular complexity index is 479. The van der Waals surface area contributed by atoms with E-state index in [4.69, 9.17) is 0 Å². The lowest BCUT2D eigenvalue weighted by atomic mass is 9.87. The number of benzene rings is 1. The molecule has 1 aliphatic rings. The van der Waals surface area contributed by atoms with Crippen LogP contribution in [0.5, 0.6) is 0 Å². The zero-order valence-electron chi connectivity index (χ0n) is 9.39. The highest BCUT2D eigenvalue weighted by molar-refractivity contribution is 5.86. The second-order valence-corrected chi connectivity index (χ2v) is 4.06. The molecule has 0 spiro atoms. The number of rotatable bonds is 2. The smallest absolute Gasteiger partial charge is 0.227 e. The van der Waals surface area contributed by atoms with E-state index in [1.165, 1.54) is 23.2 Å². The molecule has 0 fully saturated rings. The molecule has 88 valence electrons. The van der Waals surface area contributed by atoms with E-state index in [0.29, 0.717) is 5.57 Å². The van der Waals surface area contributed by atoms with Crippen molar-refractivity contribution in [1.82, 2.24) is 4.90 Å². The van der Waals surface area contributed by atoms with E-state index in [2.05, 4.69) is 0 Å². The molecule has 1 amide bonds. The maximum absolute atomic E-state index is 12.8. The highest BCUT2D eigenvalue weighted by atomic mass is 19.1. The topological polar surface area (TPSA) is 37.4 Å². The van der Waals surface area contributed by atoms with Gasteiger partial charge in [-0.2, -0.15) is 0 Å². The fraction of sp³-hybridized carbons (Fsp3) is 0.231. The highest BCUT2D eigenvalue weighted by Crippen LogP contribution is 2.31. The minimum Gasteiger partial charge on any atom is -0.322 e. The number of hydrogen-bond donors (Lipinski definition) is 0. The third-order valence-electron chi connectivity index (χ3n) is 2.93. The zero-order chi connectivity index (χ0) is 12.4. The molecule has 1 atom stereocenters. The molecule has 0 N–H and O–H groups in total. The summed E-state index contributed by atoms with van der Waals surface area (Å²) >= 11 is 0. The maximum Gasteiger partial charge on any atom is 0.227 e. The van der Waals surface area contributed by atoms with Crippen molar-refractivity contribution in [2.45, 2.75) is 12.3 Å². The van der Waals surface area contributed by atoms with Crippen LogP contribution < -0.4 is 0 Å². The molecule has 0 saturated heterocycles. The summed E-state index contributed by atoms with van der Waals surface area (Å²) in [5.74, 6) is -0.647. The first-order valence-corrected chi connectivity index (χ1v) is 5.30. The third-order valence-corrected chi connectivity index (χ3v) is 2.93. The van der Waals surface area contributed by atoms with Gasteiger partial charge in [0.2, 0.25) is 5.91 Å². The van der Waals surface area contributed by atoms with Gasteiger partial charge in [-0.05, 0) is 17.7 Å². The average Bonchev–Trinajstić information content (AvgIpc) is 2.33.